The molecule has 0 aromatic carbocycles. The Morgan fingerprint density at radius 3 is 2.59 bits per heavy atom. The van der Waals surface area contributed by atoms with Gasteiger partial charge in [0.15, 0.2) is 0 Å². The van der Waals surface area contributed by atoms with Gasteiger partial charge in [-0.15, -0.1) is 0 Å². The second-order valence-corrected chi connectivity index (χ2v) is 6.28. The summed E-state index contributed by atoms with van der Waals surface area (Å²) in [5.41, 5.74) is 0.145. The van der Waals surface area contributed by atoms with Gasteiger partial charge in [0.25, 0.3) is 5.91 Å². The maximum Gasteiger partial charge on any atom is 0.270 e. The molecular weight excluding hydrogens is 236 g/mol. The fourth-order valence-corrected chi connectivity index (χ4v) is 3.41. The van der Waals surface area contributed by atoms with E-state index in [2.05, 4.69) is 18.8 Å². The number of amides is 1. The second-order valence-electron chi connectivity index (χ2n) is 4.40. The van der Waals surface area contributed by atoms with Crippen LogP contribution in [0.25, 0.3) is 0 Å². The summed E-state index contributed by atoms with van der Waals surface area (Å²) in [4.78, 5) is 27.8. The van der Waals surface area contributed by atoms with Gasteiger partial charge in [0.2, 0.25) is 5.56 Å². The van der Waals surface area contributed by atoms with Crippen LogP contribution in [0, 0.1) is 0 Å². The van der Waals surface area contributed by atoms with Crippen molar-refractivity contribution in [2.75, 3.05) is 13.1 Å². The van der Waals surface area contributed by atoms with Gasteiger partial charge in [-0.25, -0.2) is 0 Å². The summed E-state index contributed by atoms with van der Waals surface area (Å²) in [5, 5.41) is 0.885. The SMILES string of the molecule is CC1CN(C(=O)c2cccc(=O)[nH]2)CC(C)S1. The standard InChI is InChI=1S/C12H16N2O2S/c1-8-6-14(7-9(2)17-8)12(16)10-4-3-5-11(15)13-10/h3-5,8-9H,6-7H2,1-2H3,(H,13,15). The Morgan fingerprint density at radius 1 is 1.35 bits per heavy atom. The number of pyridine rings is 1. The van der Waals surface area contributed by atoms with Gasteiger partial charge in [-0.3, -0.25) is 9.59 Å². The van der Waals surface area contributed by atoms with E-state index < -0.39 is 0 Å². The van der Waals surface area contributed by atoms with Crippen LogP contribution in [0.4, 0.5) is 0 Å². The largest absolute Gasteiger partial charge is 0.335 e. The fourth-order valence-electron chi connectivity index (χ4n) is 2.09. The number of carbonyl (C=O) groups is 1. The maximum atomic E-state index is 12.2. The molecule has 0 saturated carbocycles. The number of thioether (sulfide) groups is 1. The van der Waals surface area contributed by atoms with Crippen molar-refractivity contribution in [3.8, 4) is 0 Å². The minimum absolute atomic E-state index is 0.0818. The Hall–Kier alpha value is -1.23. The van der Waals surface area contributed by atoms with Crippen LogP contribution in [-0.4, -0.2) is 39.4 Å². The molecule has 0 radical (unpaired) electrons. The summed E-state index contributed by atoms with van der Waals surface area (Å²) in [5.74, 6) is -0.0818. The third-order valence-corrected chi connectivity index (χ3v) is 3.93. The van der Waals surface area contributed by atoms with E-state index in [0.717, 1.165) is 13.1 Å². The molecule has 2 rings (SSSR count). The molecule has 92 valence electrons. The van der Waals surface area contributed by atoms with E-state index in [1.54, 1.807) is 12.1 Å². The van der Waals surface area contributed by atoms with Crippen molar-refractivity contribution in [2.45, 2.75) is 24.3 Å². The highest BCUT2D eigenvalue weighted by molar-refractivity contribution is 8.00. The van der Waals surface area contributed by atoms with Crippen molar-refractivity contribution < 1.29 is 4.79 Å². The van der Waals surface area contributed by atoms with Crippen molar-refractivity contribution in [3.05, 3.63) is 34.2 Å². The first-order valence-electron chi connectivity index (χ1n) is 5.70. The first-order chi connectivity index (χ1) is 8.06. The van der Waals surface area contributed by atoms with E-state index in [1.807, 2.05) is 16.7 Å². The van der Waals surface area contributed by atoms with E-state index in [9.17, 15) is 9.59 Å². The van der Waals surface area contributed by atoms with E-state index in [1.165, 1.54) is 6.07 Å². The third kappa shape index (κ3) is 2.91. The smallest absolute Gasteiger partial charge is 0.270 e. The molecule has 1 aliphatic rings. The van der Waals surface area contributed by atoms with Crippen LogP contribution < -0.4 is 5.56 Å². The van der Waals surface area contributed by atoms with Crippen LogP contribution in [0.1, 0.15) is 24.3 Å². The van der Waals surface area contributed by atoms with Crippen molar-refractivity contribution in [2.24, 2.45) is 0 Å². The maximum absolute atomic E-state index is 12.2. The molecule has 1 aromatic rings. The number of hydrogen-bond acceptors (Lipinski definition) is 3. The van der Waals surface area contributed by atoms with Gasteiger partial charge in [0, 0.05) is 29.7 Å². The summed E-state index contributed by atoms with van der Waals surface area (Å²) in [6.45, 7) is 5.72. The van der Waals surface area contributed by atoms with Crippen LogP contribution in [-0.2, 0) is 0 Å². The lowest BCUT2D eigenvalue weighted by atomic mass is 10.2. The highest BCUT2D eigenvalue weighted by Crippen LogP contribution is 2.25. The summed E-state index contributed by atoms with van der Waals surface area (Å²) < 4.78 is 0. The molecule has 0 aliphatic carbocycles. The van der Waals surface area contributed by atoms with Crippen molar-refractivity contribution in [3.63, 3.8) is 0 Å². The zero-order valence-electron chi connectivity index (χ0n) is 9.97. The van der Waals surface area contributed by atoms with Gasteiger partial charge < -0.3 is 9.88 Å². The number of H-pyrrole nitrogens is 1. The van der Waals surface area contributed by atoms with E-state index in [0.29, 0.717) is 16.2 Å². The quantitative estimate of drug-likeness (QED) is 0.820. The Bertz CT molecular complexity index is 462. The summed E-state index contributed by atoms with van der Waals surface area (Å²) in [6, 6.07) is 4.67. The van der Waals surface area contributed by atoms with Gasteiger partial charge in [-0.05, 0) is 6.07 Å². The van der Waals surface area contributed by atoms with E-state index in [-0.39, 0.29) is 11.5 Å². The van der Waals surface area contributed by atoms with Crippen LogP contribution in [0.15, 0.2) is 23.0 Å². The second kappa shape index (κ2) is 4.96. The van der Waals surface area contributed by atoms with Crippen LogP contribution >= 0.6 is 11.8 Å². The molecule has 2 unspecified atom stereocenters. The summed E-state index contributed by atoms with van der Waals surface area (Å²) >= 11 is 1.89. The number of hydrogen-bond donors (Lipinski definition) is 1. The minimum atomic E-state index is -0.233. The lowest BCUT2D eigenvalue weighted by molar-refractivity contribution is 0.0747. The molecule has 1 aromatic heterocycles. The molecule has 0 spiro atoms. The highest BCUT2D eigenvalue weighted by atomic mass is 32.2. The number of nitrogens with one attached hydrogen (secondary N) is 1. The van der Waals surface area contributed by atoms with E-state index in [4.69, 9.17) is 0 Å². The van der Waals surface area contributed by atoms with E-state index >= 15 is 0 Å². The zero-order chi connectivity index (χ0) is 12.4. The molecule has 2 atom stereocenters. The number of nitrogens with zero attached hydrogens (tertiary/aromatic N) is 1. The molecule has 1 N–H and O–H groups in total. The predicted molar refractivity (Wildman–Crippen MR) is 69.5 cm³/mol. The normalized spacial score (nSPS) is 24.7. The lowest BCUT2D eigenvalue weighted by Crippen LogP contribution is -2.44. The van der Waals surface area contributed by atoms with Gasteiger partial charge >= 0.3 is 0 Å². The highest BCUT2D eigenvalue weighted by Gasteiger charge is 2.26. The monoisotopic (exact) mass is 252 g/mol. The molecule has 4 nitrogen and oxygen atoms in total. The number of aromatic amines is 1. The molecule has 2 heterocycles. The molecular formula is C12H16N2O2S. The van der Waals surface area contributed by atoms with Gasteiger partial charge in [-0.1, -0.05) is 19.9 Å². The average molecular weight is 252 g/mol. The summed E-state index contributed by atoms with van der Waals surface area (Å²) in [6.07, 6.45) is 0. The number of carbonyl (C=O) groups excluding carboxylic acids is 1. The topological polar surface area (TPSA) is 53.2 Å². The van der Waals surface area contributed by atoms with Crippen molar-refractivity contribution in [1.29, 1.82) is 0 Å². The Kier molecular flexibility index (Phi) is 3.57. The molecule has 0 bridgehead atoms. The average Bonchev–Trinajstić information content (AvgIpc) is 2.26. The van der Waals surface area contributed by atoms with Crippen molar-refractivity contribution >= 4 is 17.7 Å². The predicted octanol–water partition coefficient (Wildman–Crippen LogP) is 1.34. The van der Waals surface area contributed by atoms with Crippen LogP contribution in [0.3, 0.4) is 0 Å². The first kappa shape index (κ1) is 12.2. The van der Waals surface area contributed by atoms with Crippen LogP contribution in [0.2, 0.25) is 0 Å². The number of rotatable bonds is 1. The van der Waals surface area contributed by atoms with Gasteiger partial charge in [0.1, 0.15) is 5.69 Å². The fraction of sp³-hybridized carbons (Fsp3) is 0.500. The van der Waals surface area contributed by atoms with Crippen molar-refractivity contribution in [1.82, 2.24) is 9.88 Å². The van der Waals surface area contributed by atoms with Gasteiger partial charge in [0.05, 0.1) is 0 Å². The molecule has 1 fully saturated rings. The Balaban J connectivity index is 2.17. The molecule has 1 amide bonds. The first-order valence-corrected chi connectivity index (χ1v) is 6.64. The molecule has 1 aliphatic heterocycles. The van der Waals surface area contributed by atoms with Gasteiger partial charge in [-0.2, -0.15) is 11.8 Å². The Labute approximate surface area is 104 Å². The number of aromatic nitrogens is 1. The Morgan fingerprint density at radius 2 is 2.00 bits per heavy atom. The summed E-state index contributed by atoms with van der Waals surface area (Å²) in [7, 11) is 0. The molecule has 1 saturated heterocycles. The molecule has 17 heavy (non-hydrogen) atoms. The van der Waals surface area contributed by atoms with Crippen LogP contribution in [0.5, 0.6) is 0 Å². The lowest BCUT2D eigenvalue weighted by Gasteiger charge is -2.34. The zero-order valence-corrected chi connectivity index (χ0v) is 10.8. The minimum Gasteiger partial charge on any atom is -0.335 e. The third-order valence-electron chi connectivity index (χ3n) is 2.71. The molecule has 5 heteroatoms.